The fourth-order valence-corrected chi connectivity index (χ4v) is 2.74. The second-order valence-electron chi connectivity index (χ2n) is 4.41. The first-order valence-electron chi connectivity index (χ1n) is 5.76. The summed E-state index contributed by atoms with van der Waals surface area (Å²) in [4.78, 5) is 7.89. The minimum Gasteiger partial charge on any atom is -0.398 e. The molecule has 5 heteroatoms. The van der Waals surface area contributed by atoms with Crippen molar-refractivity contribution in [1.82, 2.24) is 9.97 Å². The maximum absolute atomic E-state index is 6.00. The summed E-state index contributed by atoms with van der Waals surface area (Å²) in [7, 11) is 0. The van der Waals surface area contributed by atoms with Crippen molar-refractivity contribution in [2.45, 2.75) is 6.92 Å². The lowest BCUT2D eigenvalue weighted by molar-refractivity contribution is 1.33. The van der Waals surface area contributed by atoms with Gasteiger partial charge in [0.15, 0.2) is 0 Å². The van der Waals surface area contributed by atoms with Gasteiger partial charge in [-0.25, -0.2) is 4.98 Å². The zero-order valence-electron chi connectivity index (χ0n) is 10.2. The van der Waals surface area contributed by atoms with E-state index in [1.54, 1.807) is 0 Å². The van der Waals surface area contributed by atoms with E-state index in [9.17, 15) is 0 Å². The van der Waals surface area contributed by atoms with Gasteiger partial charge in [0.1, 0.15) is 11.3 Å². The van der Waals surface area contributed by atoms with Gasteiger partial charge >= 0.3 is 0 Å². The van der Waals surface area contributed by atoms with Crippen LogP contribution in [0.5, 0.6) is 0 Å². The van der Waals surface area contributed by atoms with Crippen molar-refractivity contribution >= 4 is 44.3 Å². The largest absolute Gasteiger partial charge is 0.398 e. The van der Waals surface area contributed by atoms with Gasteiger partial charge in [-0.3, -0.25) is 0 Å². The normalized spacial score (nSPS) is 11.1. The van der Waals surface area contributed by atoms with E-state index in [2.05, 4.69) is 25.9 Å². The highest BCUT2D eigenvalue weighted by Crippen LogP contribution is 2.33. The Bertz CT molecular complexity index is 762. The summed E-state index contributed by atoms with van der Waals surface area (Å²) in [6.07, 6.45) is 0. The number of aromatic amines is 1. The first kappa shape index (κ1) is 12.5. The third-order valence-electron chi connectivity index (χ3n) is 3.08. The molecule has 3 N–H and O–H groups in total. The van der Waals surface area contributed by atoms with E-state index in [4.69, 9.17) is 17.3 Å². The highest BCUT2D eigenvalue weighted by atomic mass is 79.9. The molecule has 1 aromatic heterocycles. The molecule has 0 atom stereocenters. The fourth-order valence-electron chi connectivity index (χ4n) is 2.00. The summed E-state index contributed by atoms with van der Waals surface area (Å²) in [5.41, 5.74) is 10.5. The van der Waals surface area contributed by atoms with Gasteiger partial charge in [0, 0.05) is 10.6 Å². The number of anilines is 1. The minimum absolute atomic E-state index is 0.709. The fraction of sp³-hybridized carbons (Fsp3) is 0.0714. The molecule has 3 aromatic rings. The topological polar surface area (TPSA) is 54.7 Å². The summed E-state index contributed by atoms with van der Waals surface area (Å²) in [6.45, 7) is 1.97. The Morgan fingerprint density at radius 3 is 2.63 bits per heavy atom. The molecular formula is C14H11BrClN3. The molecular weight excluding hydrogens is 326 g/mol. The van der Waals surface area contributed by atoms with Crippen LogP contribution in [0, 0.1) is 6.92 Å². The van der Waals surface area contributed by atoms with Crippen molar-refractivity contribution in [2.24, 2.45) is 0 Å². The van der Waals surface area contributed by atoms with Crippen LogP contribution in [0.3, 0.4) is 0 Å². The number of hydrogen-bond donors (Lipinski definition) is 2. The summed E-state index contributed by atoms with van der Waals surface area (Å²) in [5.74, 6) is 0.803. The monoisotopic (exact) mass is 335 g/mol. The van der Waals surface area contributed by atoms with Gasteiger partial charge in [-0.15, -0.1) is 0 Å². The minimum atomic E-state index is 0.709. The zero-order chi connectivity index (χ0) is 13.6. The Kier molecular flexibility index (Phi) is 2.99. The van der Waals surface area contributed by atoms with Gasteiger partial charge in [0.05, 0.1) is 15.7 Å². The van der Waals surface area contributed by atoms with Gasteiger partial charge in [-0.1, -0.05) is 11.6 Å². The highest BCUT2D eigenvalue weighted by Gasteiger charge is 2.12. The van der Waals surface area contributed by atoms with Crippen LogP contribution in [0.4, 0.5) is 5.69 Å². The van der Waals surface area contributed by atoms with Crippen LogP contribution in [0.1, 0.15) is 5.56 Å². The van der Waals surface area contributed by atoms with E-state index in [1.807, 2.05) is 37.3 Å². The van der Waals surface area contributed by atoms with E-state index in [-0.39, 0.29) is 0 Å². The second kappa shape index (κ2) is 4.54. The third-order valence-corrected chi connectivity index (χ3v) is 4.13. The van der Waals surface area contributed by atoms with Crippen molar-refractivity contribution in [1.29, 1.82) is 0 Å². The molecule has 96 valence electrons. The summed E-state index contributed by atoms with van der Waals surface area (Å²) in [6, 6.07) is 9.56. The molecule has 0 aliphatic heterocycles. The Hall–Kier alpha value is -1.52. The number of nitrogens with one attached hydrogen (secondary N) is 1. The number of rotatable bonds is 1. The van der Waals surface area contributed by atoms with Crippen molar-refractivity contribution in [2.75, 3.05) is 5.73 Å². The number of nitrogens with two attached hydrogens (primary N) is 1. The van der Waals surface area contributed by atoms with E-state index in [0.717, 1.165) is 38.1 Å². The second-order valence-corrected chi connectivity index (χ2v) is 5.64. The number of benzene rings is 2. The first-order valence-corrected chi connectivity index (χ1v) is 6.93. The Morgan fingerprint density at radius 2 is 1.95 bits per heavy atom. The van der Waals surface area contributed by atoms with Crippen LogP contribution in [0.15, 0.2) is 34.8 Å². The van der Waals surface area contributed by atoms with E-state index in [0.29, 0.717) is 5.02 Å². The average Bonchev–Trinajstić information content (AvgIpc) is 2.81. The van der Waals surface area contributed by atoms with Crippen LogP contribution in [-0.2, 0) is 0 Å². The number of aryl methyl sites for hydroxylation is 1. The molecule has 0 amide bonds. The van der Waals surface area contributed by atoms with Crippen LogP contribution in [0.2, 0.25) is 5.02 Å². The molecule has 0 spiro atoms. The summed E-state index contributed by atoms with van der Waals surface area (Å²) < 4.78 is 0.832. The maximum Gasteiger partial charge on any atom is 0.138 e. The number of halogens is 2. The number of aromatic nitrogens is 2. The molecule has 2 aromatic carbocycles. The van der Waals surface area contributed by atoms with E-state index >= 15 is 0 Å². The Morgan fingerprint density at radius 1 is 1.26 bits per heavy atom. The van der Waals surface area contributed by atoms with E-state index in [1.165, 1.54) is 0 Å². The molecule has 3 nitrogen and oxygen atoms in total. The Balaban J connectivity index is 2.22. The molecule has 1 heterocycles. The standard InChI is InChI=1S/C14H11BrClN3/c1-7-6-10-13(11(15)12(7)17)19-14(18-10)8-2-4-9(16)5-3-8/h2-6H,17H2,1H3,(H,18,19). The van der Waals surface area contributed by atoms with Gasteiger partial charge in [0.25, 0.3) is 0 Å². The summed E-state index contributed by atoms with van der Waals surface area (Å²) >= 11 is 9.39. The van der Waals surface area contributed by atoms with Gasteiger partial charge in [0.2, 0.25) is 0 Å². The van der Waals surface area contributed by atoms with Gasteiger partial charge in [-0.05, 0) is 58.7 Å². The van der Waals surface area contributed by atoms with Crippen molar-refractivity contribution in [3.05, 3.63) is 45.4 Å². The lowest BCUT2D eigenvalue weighted by Crippen LogP contribution is -1.91. The van der Waals surface area contributed by atoms with Crippen molar-refractivity contribution < 1.29 is 0 Å². The third kappa shape index (κ3) is 2.11. The number of nitrogen functional groups attached to an aromatic ring is 1. The van der Waals surface area contributed by atoms with Gasteiger partial charge < -0.3 is 10.7 Å². The molecule has 0 saturated carbocycles. The molecule has 0 aliphatic rings. The lowest BCUT2D eigenvalue weighted by atomic mass is 10.2. The van der Waals surface area contributed by atoms with Crippen LogP contribution >= 0.6 is 27.5 Å². The smallest absolute Gasteiger partial charge is 0.138 e. The van der Waals surface area contributed by atoms with E-state index < -0.39 is 0 Å². The SMILES string of the molecule is Cc1cc2[nH]c(-c3ccc(Cl)cc3)nc2c(Br)c1N. The molecule has 19 heavy (non-hydrogen) atoms. The number of hydrogen-bond acceptors (Lipinski definition) is 2. The predicted molar refractivity (Wildman–Crippen MR) is 83.4 cm³/mol. The molecule has 0 unspecified atom stereocenters. The van der Waals surface area contributed by atoms with Crippen LogP contribution in [-0.4, -0.2) is 9.97 Å². The molecule has 0 saturated heterocycles. The molecule has 0 radical (unpaired) electrons. The molecule has 0 bridgehead atoms. The maximum atomic E-state index is 6.00. The van der Waals surface area contributed by atoms with Crippen molar-refractivity contribution in [3.63, 3.8) is 0 Å². The summed E-state index contributed by atoms with van der Waals surface area (Å²) in [5, 5.41) is 0.709. The number of fused-ring (bicyclic) bond motifs is 1. The lowest BCUT2D eigenvalue weighted by Gasteiger charge is -2.02. The average molecular weight is 337 g/mol. The number of nitrogens with zero attached hydrogens (tertiary/aromatic N) is 1. The number of imidazole rings is 1. The van der Waals surface area contributed by atoms with Crippen LogP contribution in [0.25, 0.3) is 22.4 Å². The van der Waals surface area contributed by atoms with Gasteiger partial charge in [-0.2, -0.15) is 0 Å². The van der Waals surface area contributed by atoms with Crippen LogP contribution < -0.4 is 5.73 Å². The molecule has 3 rings (SSSR count). The zero-order valence-corrected chi connectivity index (χ0v) is 12.5. The van der Waals surface area contributed by atoms with Crippen molar-refractivity contribution in [3.8, 4) is 11.4 Å². The Labute approximate surface area is 123 Å². The quantitative estimate of drug-likeness (QED) is 0.641. The highest BCUT2D eigenvalue weighted by molar-refractivity contribution is 9.10. The first-order chi connectivity index (χ1) is 9.06. The predicted octanol–water partition coefficient (Wildman–Crippen LogP) is 4.54. The molecule has 0 aliphatic carbocycles. The molecule has 0 fully saturated rings. The number of H-pyrrole nitrogens is 1.